The van der Waals surface area contributed by atoms with Crippen molar-refractivity contribution >= 4 is 9.84 Å². The Balaban J connectivity index is 1.63. The first-order chi connectivity index (χ1) is 9.93. The molecule has 122 valence electrons. The molecule has 3 rings (SSSR count). The van der Waals surface area contributed by atoms with Gasteiger partial charge in [0.15, 0.2) is 9.84 Å². The summed E-state index contributed by atoms with van der Waals surface area (Å²) in [5.74, 6) is 2.28. The van der Waals surface area contributed by atoms with Crippen LogP contribution in [0.3, 0.4) is 0 Å². The third-order valence-corrected chi connectivity index (χ3v) is 7.40. The molecule has 1 saturated heterocycles. The molecule has 3 aliphatic rings. The fourth-order valence-corrected chi connectivity index (χ4v) is 5.25. The SMILES string of the molecule is CCCS(=O)(=O)CCN1CC(C)(C2CC2)NCC1C1CC1. The molecule has 0 bridgehead atoms. The van der Waals surface area contributed by atoms with Crippen LogP contribution >= 0.6 is 0 Å². The molecule has 2 aliphatic carbocycles. The molecule has 0 aromatic rings. The van der Waals surface area contributed by atoms with E-state index in [0.717, 1.165) is 37.9 Å². The molecule has 21 heavy (non-hydrogen) atoms. The van der Waals surface area contributed by atoms with Gasteiger partial charge in [-0.2, -0.15) is 0 Å². The zero-order valence-corrected chi connectivity index (χ0v) is 14.3. The van der Waals surface area contributed by atoms with Crippen LogP contribution in [0.1, 0.15) is 46.0 Å². The third-order valence-electron chi connectivity index (χ3n) is 5.56. The van der Waals surface area contributed by atoms with Crippen LogP contribution in [0.5, 0.6) is 0 Å². The van der Waals surface area contributed by atoms with E-state index in [4.69, 9.17) is 0 Å². The van der Waals surface area contributed by atoms with Gasteiger partial charge in [0.1, 0.15) is 0 Å². The Kier molecular flexibility index (Phi) is 4.37. The summed E-state index contributed by atoms with van der Waals surface area (Å²) in [5, 5.41) is 3.79. The van der Waals surface area contributed by atoms with Gasteiger partial charge in [-0.05, 0) is 50.9 Å². The van der Waals surface area contributed by atoms with Gasteiger partial charge in [-0.1, -0.05) is 6.92 Å². The number of rotatable bonds is 7. The van der Waals surface area contributed by atoms with Gasteiger partial charge in [0.05, 0.1) is 5.75 Å². The van der Waals surface area contributed by atoms with Gasteiger partial charge in [-0.3, -0.25) is 4.90 Å². The molecule has 1 heterocycles. The third kappa shape index (κ3) is 3.80. The summed E-state index contributed by atoms with van der Waals surface area (Å²) in [6, 6.07) is 0.564. The molecule has 2 saturated carbocycles. The molecule has 3 fully saturated rings. The highest BCUT2D eigenvalue weighted by atomic mass is 32.2. The van der Waals surface area contributed by atoms with Crippen LogP contribution in [-0.4, -0.2) is 56.0 Å². The molecule has 0 amide bonds. The molecule has 4 nitrogen and oxygen atoms in total. The Morgan fingerprint density at radius 2 is 1.90 bits per heavy atom. The normalized spacial score (nSPS) is 35.0. The number of piperazine rings is 1. The van der Waals surface area contributed by atoms with E-state index in [0.29, 0.717) is 17.5 Å². The van der Waals surface area contributed by atoms with E-state index in [1.807, 2.05) is 6.92 Å². The topological polar surface area (TPSA) is 49.4 Å². The van der Waals surface area contributed by atoms with E-state index in [9.17, 15) is 8.42 Å². The minimum absolute atomic E-state index is 0.208. The van der Waals surface area contributed by atoms with Crippen molar-refractivity contribution in [3.8, 4) is 0 Å². The lowest BCUT2D eigenvalue weighted by Crippen LogP contribution is -2.65. The van der Waals surface area contributed by atoms with E-state index in [-0.39, 0.29) is 5.54 Å². The predicted molar refractivity (Wildman–Crippen MR) is 86.2 cm³/mol. The Morgan fingerprint density at radius 3 is 2.48 bits per heavy atom. The first-order valence-electron chi connectivity index (χ1n) is 8.63. The van der Waals surface area contributed by atoms with Crippen LogP contribution < -0.4 is 5.32 Å². The maximum absolute atomic E-state index is 12.0. The van der Waals surface area contributed by atoms with Gasteiger partial charge >= 0.3 is 0 Å². The highest BCUT2D eigenvalue weighted by Crippen LogP contribution is 2.44. The smallest absolute Gasteiger partial charge is 0.151 e. The maximum atomic E-state index is 12.0. The lowest BCUT2D eigenvalue weighted by Gasteiger charge is -2.47. The van der Waals surface area contributed by atoms with Gasteiger partial charge < -0.3 is 5.32 Å². The minimum atomic E-state index is -2.86. The van der Waals surface area contributed by atoms with E-state index in [1.165, 1.54) is 25.7 Å². The van der Waals surface area contributed by atoms with Crippen LogP contribution in [0.4, 0.5) is 0 Å². The van der Waals surface area contributed by atoms with Gasteiger partial charge in [0, 0.05) is 37.0 Å². The first kappa shape index (κ1) is 15.8. The number of hydrogen-bond acceptors (Lipinski definition) is 4. The summed E-state index contributed by atoms with van der Waals surface area (Å²) in [6.45, 7) is 7.08. The molecule has 0 spiro atoms. The second-order valence-corrected chi connectivity index (χ2v) is 9.90. The molecule has 1 N–H and O–H groups in total. The molecule has 0 aromatic carbocycles. The van der Waals surface area contributed by atoms with Gasteiger partial charge in [0.2, 0.25) is 0 Å². The van der Waals surface area contributed by atoms with Crippen LogP contribution in [0.15, 0.2) is 0 Å². The van der Waals surface area contributed by atoms with Gasteiger partial charge in [0.25, 0.3) is 0 Å². The Bertz CT molecular complexity index is 471. The van der Waals surface area contributed by atoms with Crippen LogP contribution in [0, 0.1) is 11.8 Å². The van der Waals surface area contributed by atoms with Crippen molar-refractivity contribution in [2.75, 3.05) is 31.1 Å². The van der Waals surface area contributed by atoms with E-state index >= 15 is 0 Å². The monoisotopic (exact) mass is 314 g/mol. The van der Waals surface area contributed by atoms with Crippen molar-refractivity contribution in [2.45, 2.75) is 57.5 Å². The number of sulfone groups is 1. The number of hydrogen-bond donors (Lipinski definition) is 1. The Morgan fingerprint density at radius 1 is 1.19 bits per heavy atom. The first-order valence-corrected chi connectivity index (χ1v) is 10.5. The lowest BCUT2D eigenvalue weighted by atomic mass is 9.90. The van der Waals surface area contributed by atoms with Gasteiger partial charge in [-0.25, -0.2) is 8.42 Å². The van der Waals surface area contributed by atoms with Crippen molar-refractivity contribution in [2.24, 2.45) is 11.8 Å². The highest BCUT2D eigenvalue weighted by molar-refractivity contribution is 7.91. The van der Waals surface area contributed by atoms with Crippen molar-refractivity contribution < 1.29 is 8.42 Å². The molecule has 1 aliphatic heterocycles. The lowest BCUT2D eigenvalue weighted by molar-refractivity contribution is 0.0695. The summed E-state index contributed by atoms with van der Waals surface area (Å²) in [6.07, 6.45) is 6.05. The van der Waals surface area contributed by atoms with Crippen LogP contribution in [0.2, 0.25) is 0 Å². The molecule has 0 aromatic heterocycles. The quantitative estimate of drug-likeness (QED) is 0.776. The zero-order valence-electron chi connectivity index (χ0n) is 13.5. The molecular formula is C16H30N2O2S. The fraction of sp³-hybridized carbons (Fsp3) is 1.00. The van der Waals surface area contributed by atoms with E-state index in [1.54, 1.807) is 0 Å². The molecule has 2 unspecified atom stereocenters. The summed E-state index contributed by atoms with van der Waals surface area (Å²) >= 11 is 0. The van der Waals surface area contributed by atoms with Crippen molar-refractivity contribution in [1.82, 2.24) is 10.2 Å². The van der Waals surface area contributed by atoms with Crippen molar-refractivity contribution in [3.63, 3.8) is 0 Å². The van der Waals surface area contributed by atoms with Gasteiger partial charge in [-0.15, -0.1) is 0 Å². The molecule has 2 atom stereocenters. The molecule has 0 radical (unpaired) electrons. The maximum Gasteiger partial charge on any atom is 0.151 e. The number of nitrogens with zero attached hydrogens (tertiary/aromatic N) is 1. The largest absolute Gasteiger partial charge is 0.308 e. The van der Waals surface area contributed by atoms with E-state index in [2.05, 4.69) is 17.1 Å². The van der Waals surface area contributed by atoms with Crippen LogP contribution in [-0.2, 0) is 9.84 Å². The number of nitrogens with one attached hydrogen (secondary N) is 1. The Hall–Kier alpha value is -0.130. The second-order valence-electron chi connectivity index (χ2n) is 7.60. The Labute approximate surface area is 129 Å². The standard InChI is InChI=1S/C16H30N2O2S/c1-3-9-21(19,20)10-8-18-12-16(2,14-6-7-14)17-11-15(18)13-4-5-13/h13-15,17H,3-12H2,1-2H3. The average molecular weight is 314 g/mol. The zero-order chi connectivity index (χ0) is 15.1. The summed E-state index contributed by atoms with van der Waals surface area (Å²) in [4.78, 5) is 2.50. The summed E-state index contributed by atoms with van der Waals surface area (Å²) in [5.41, 5.74) is 0.208. The minimum Gasteiger partial charge on any atom is -0.308 e. The molecule has 5 heteroatoms. The molecular weight excluding hydrogens is 284 g/mol. The predicted octanol–water partition coefficient (Wildman–Crippen LogP) is 1.66. The van der Waals surface area contributed by atoms with E-state index < -0.39 is 9.84 Å². The second kappa shape index (κ2) is 5.82. The average Bonchev–Trinajstić information content (AvgIpc) is 3.29. The summed E-state index contributed by atoms with van der Waals surface area (Å²) < 4.78 is 24.1. The van der Waals surface area contributed by atoms with Crippen LogP contribution in [0.25, 0.3) is 0 Å². The summed E-state index contributed by atoms with van der Waals surface area (Å²) in [7, 11) is -2.86. The highest BCUT2D eigenvalue weighted by Gasteiger charge is 2.48. The fourth-order valence-electron chi connectivity index (χ4n) is 3.92. The van der Waals surface area contributed by atoms with Crippen molar-refractivity contribution in [3.05, 3.63) is 0 Å². The van der Waals surface area contributed by atoms with Crippen molar-refractivity contribution in [1.29, 1.82) is 0 Å².